The molecule has 0 aliphatic rings. The number of carbonyl (C=O) groups is 2. The Balaban J connectivity index is 2.22. The summed E-state index contributed by atoms with van der Waals surface area (Å²) in [5.74, 6) is -1.64. The molecule has 0 aliphatic carbocycles. The number of benzene rings is 1. The van der Waals surface area contributed by atoms with Crippen LogP contribution in [0.2, 0.25) is 0 Å². The van der Waals surface area contributed by atoms with Gasteiger partial charge in [0.05, 0.1) is 11.4 Å². The van der Waals surface area contributed by atoms with Crippen LogP contribution in [0.15, 0.2) is 36.9 Å². The summed E-state index contributed by atoms with van der Waals surface area (Å²) < 4.78 is 1.56. The highest BCUT2D eigenvalue weighted by Crippen LogP contribution is 2.14. The minimum Gasteiger partial charge on any atom is -0.480 e. The molecular weight excluding hydrogens is 308 g/mol. The zero-order chi connectivity index (χ0) is 17.7. The van der Waals surface area contributed by atoms with Crippen LogP contribution in [-0.2, 0) is 4.79 Å². The maximum Gasteiger partial charge on any atom is 0.326 e. The summed E-state index contributed by atoms with van der Waals surface area (Å²) in [6.45, 7) is 7.23. The van der Waals surface area contributed by atoms with Crippen molar-refractivity contribution in [3.05, 3.63) is 53.9 Å². The molecule has 0 aliphatic heterocycles. The first kappa shape index (κ1) is 17.4. The fourth-order valence-corrected chi connectivity index (χ4v) is 2.31. The third kappa shape index (κ3) is 3.87. The number of carboxylic acid groups (broad SMARTS) is 1. The van der Waals surface area contributed by atoms with Crippen molar-refractivity contribution < 1.29 is 14.7 Å². The van der Waals surface area contributed by atoms with Gasteiger partial charge in [0.15, 0.2) is 5.69 Å². The first-order valence-electron chi connectivity index (χ1n) is 7.58. The third-order valence-corrected chi connectivity index (χ3v) is 3.62. The van der Waals surface area contributed by atoms with E-state index >= 15 is 0 Å². The van der Waals surface area contributed by atoms with Crippen molar-refractivity contribution in [1.29, 1.82) is 0 Å². The summed E-state index contributed by atoms with van der Waals surface area (Å²) in [4.78, 5) is 23.6. The van der Waals surface area contributed by atoms with Crippen LogP contribution in [0, 0.1) is 13.8 Å². The highest BCUT2D eigenvalue weighted by Gasteiger charge is 2.23. The average molecular weight is 328 g/mol. The lowest BCUT2D eigenvalue weighted by molar-refractivity contribution is -0.139. The predicted octanol–water partition coefficient (Wildman–Crippen LogP) is 2.03. The van der Waals surface area contributed by atoms with Gasteiger partial charge in [-0.15, -0.1) is 11.7 Å². The van der Waals surface area contributed by atoms with Gasteiger partial charge in [0, 0.05) is 0 Å². The molecule has 0 fully saturated rings. The van der Waals surface area contributed by atoms with Crippen LogP contribution in [0.3, 0.4) is 0 Å². The van der Waals surface area contributed by atoms with E-state index in [2.05, 4.69) is 22.2 Å². The molecule has 1 aromatic carbocycles. The number of nitrogens with zero attached hydrogens (tertiary/aromatic N) is 3. The Bertz CT molecular complexity index is 767. The maximum atomic E-state index is 12.3. The maximum absolute atomic E-state index is 12.3. The summed E-state index contributed by atoms with van der Waals surface area (Å²) in [5, 5.41) is 19.6. The smallest absolute Gasteiger partial charge is 0.326 e. The first-order chi connectivity index (χ1) is 11.4. The summed E-state index contributed by atoms with van der Waals surface area (Å²) in [7, 11) is 0. The number of nitrogens with one attached hydrogen (secondary N) is 1. The van der Waals surface area contributed by atoms with E-state index in [0.717, 1.165) is 11.3 Å². The molecular formula is C17H20N4O3. The number of rotatable bonds is 7. The molecule has 1 aromatic heterocycles. The lowest BCUT2D eigenvalue weighted by Gasteiger charge is -2.12. The number of carbonyl (C=O) groups excluding carboxylic acids is 1. The van der Waals surface area contributed by atoms with Gasteiger partial charge < -0.3 is 10.4 Å². The number of hydrogen-bond acceptors (Lipinski definition) is 4. The SMILES string of the molecule is C=CCCC(NC(=O)c1nnn(-c2cccc(C)c2)c1C)C(=O)O. The van der Waals surface area contributed by atoms with Gasteiger partial charge in [-0.05, 0) is 44.4 Å². The Morgan fingerprint density at radius 3 is 2.79 bits per heavy atom. The van der Waals surface area contributed by atoms with Gasteiger partial charge in [-0.2, -0.15) is 0 Å². The van der Waals surface area contributed by atoms with E-state index in [4.69, 9.17) is 0 Å². The van der Waals surface area contributed by atoms with Crippen LogP contribution >= 0.6 is 0 Å². The van der Waals surface area contributed by atoms with Gasteiger partial charge in [-0.3, -0.25) is 4.79 Å². The quantitative estimate of drug-likeness (QED) is 0.758. The Morgan fingerprint density at radius 2 is 2.17 bits per heavy atom. The molecule has 2 rings (SSSR count). The predicted molar refractivity (Wildman–Crippen MR) is 89.2 cm³/mol. The number of aryl methyl sites for hydroxylation is 1. The molecule has 0 saturated heterocycles. The molecule has 24 heavy (non-hydrogen) atoms. The molecule has 2 N–H and O–H groups in total. The molecule has 126 valence electrons. The highest BCUT2D eigenvalue weighted by atomic mass is 16.4. The van der Waals surface area contributed by atoms with Crippen LogP contribution < -0.4 is 5.32 Å². The number of allylic oxidation sites excluding steroid dienone is 1. The summed E-state index contributed by atoms with van der Waals surface area (Å²) in [6.07, 6.45) is 2.38. The molecule has 7 nitrogen and oxygen atoms in total. The van der Waals surface area contributed by atoms with E-state index in [0.29, 0.717) is 12.1 Å². The number of aliphatic carboxylic acids is 1. The van der Waals surface area contributed by atoms with Crippen LogP contribution in [0.5, 0.6) is 0 Å². The van der Waals surface area contributed by atoms with E-state index in [1.807, 2.05) is 31.2 Å². The molecule has 1 heterocycles. The molecule has 0 spiro atoms. The van der Waals surface area contributed by atoms with Crippen LogP contribution in [-0.4, -0.2) is 38.0 Å². The van der Waals surface area contributed by atoms with Crippen molar-refractivity contribution in [2.45, 2.75) is 32.7 Å². The second kappa shape index (κ2) is 7.54. The average Bonchev–Trinajstić information content (AvgIpc) is 2.92. The van der Waals surface area contributed by atoms with Crippen molar-refractivity contribution in [1.82, 2.24) is 20.3 Å². The Morgan fingerprint density at radius 1 is 1.42 bits per heavy atom. The molecule has 2 aromatic rings. The minimum atomic E-state index is -1.09. The largest absolute Gasteiger partial charge is 0.480 e. The van der Waals surface area contributed by atoms with E-state index in [-0.39, 0.29) is 12.1 Å². The fraction of sp³-hybridized carbons (Fsp3) is 0.294. The number of aromatic nitrogens is 3. The number of amides is 1. The Hall–Kier alpha value is -2.96. The lowest BCUT2D eigenvalue weighted by Crippen LogP contribution is -2.41. The summed E-state index contributed by atoms with van der Waals surface area (Å²) >= 11 is 0. The van der Waals surface area contributed by atoms with E-state index in [9.17, 15) is 14.7 Å². The summed E-state index contributed by atoms with van der Waals surface area (Å²) in [5.41, 5.74) is 2.51. The topological polar surface area (TPSA) is 97.1 Å². The standard InChI is InChI=1S/C17H20N4O3/c1-4-5-9-14(17(23)24)18-16(22)15-12(3)21(20-19-15)13-8-6-7-11(2)10-13/h4,6-8,10,14H,1,5,9H2,2-3H3,(H,18,22)(H,23,24). The Labute approximate surface area is 140 Å². The molecule has 1 atom stereocenters. The van der Waals surface area contributed by atoms with Crippen molar-refractivity contribution >= 4 is 11.9 Å². The first-order valence-corrected chi connectivity index (χ1v) is 7.58. The van der Waals surface area contributed by atoms with E-state index in [1.165, 1.54) is 0 Å². The molecule has 1 amide bonds. The van der Waals surface area contributed by atoms with Gasteiger partial charge in [0.2, 0.25) is 0 Å². The molecule has 7 heteroatoms. The zero-order valence-corrected chi connectivity index (χ0v) is 13.7. The Kier molecular flexibility index (Phi) is 5.47. The van der Waals surface area contributed by atoms with Crippen molar-refractivity contribution in [2.24, 2.45) is 0 Å². The van der Waals surface area contributed by atoms with E-state index < -0.39 is 17.9 Å². The van der Waals surface area contributed by atoms with E-state index in [1.54, 1.807) is 17.7 Å². The fourth-order valence-electron chi connectivity index (χ4n) is 2.31. The molecule has 0 bridgehead atoms. The zero-order valence-electron chi connectivity index (χ0n) is 13.7. The normalized spacial score (nSPS) is 11.8. The monoisotopic (exact) mass is 328 g/mol. The molecule has 0 radical (unpaired) electrons. The molecule has 1 unspecified atom stereocenters. The van der Waals surface area contributed by atoms with Crippen molar-refractivity contribution in [3.63, 3.8) is 0 Å². The van der Waals surface area contributed by atoms with Gasteiger partial charge in [0.1, 0.15) is 6.04 Å². The van der Waals surface area contributed by atoms with Crippen LogP contribution in [0.25, 0.3) is 5.69 Å². The second-order valence-electron chi connectivity index (χ2n) is 5.50. The second-order valence-corrected chi connectivity index (χ2v) is 5.50. The third-order valence-electron chi connectivity index (χ3n) is 3.62. The van der Waals surface area contributed by atoms with Gasteiger partial charge in [-0.1, -0.05) is 23.4 Å². The van der Waals surface area contributed by atoms with Crippen molar-refractivity contribution in [2.75, 3.05) is 0 Å². The number of carboxylic acids is 1. The highest BCUT2D eigenvalue weighted by molar-refractivity contribution is 5.95. The van der Waals surface area contributed by atoms with Gasteiger partial charge in [0.25, 0.3) is 5.91 Å². The van der Waals surface area contributed by atoms with Gasteiger partial charge in [-0.25, -0.2) is 9.48 Å². The molecule has 0 saturated carbocycles. The minimum absolute atomic E-state index is 0.112. The van der Waals surface area contributed by atoms with Gasteiger partial charge >= 0.3 is 5.97 Å². The van der Waals surface area contributed by atoms with Crippen molar-refractivity contribution in [3.8, 4) is 5.69 Å². The lowest BCUT2D eigenvalue weighted by atomic mass is 10.1. The summed E-state index contributed by atoms with van der Waals surface area (Å²) in [6, 6.07) is 6.65. The van der Waals surface area contributed by atoms with Crippen LogP contribution in [0.4, 0.5) is 0 Å². The number of hydrogen-bond donors (Lipinski definition) is 2. The van der Waals surface area contributed by atoms with Crippen LogP contribution in [0.1, 0.15) is 34.6 Å².